The Morgan fingerprint density at radius 2 is 2.09 bits per heavy atom. The molecule has 1 amide bonds. The van der Waals surface area contributed by atoms with E-state index in [0.717, 1.165) is 51.0 Å². The van der Waals surface area contributed by atoms with Gasteiger partial charge in [0.15, 0.2) is 6.10 Å². The van der Waals surface area contributed by atoms with Crippen LogP contribution in [0.25, 0.3) is 0 Å². The van der Waals surface area contributed by atoms with E-state index in [1.165, 1.54) is 12.1 Å². The normalized spacial score (nSPS) is 23.6. The van der Waals surface area contributed by atoms with Gasteiger partial charge in [0.2, 0.25) is 11.8 Å². The Hall–Kier alpha value is -2.49. The van der Waals surface area contributed by atoms with Crippen LogP contribution in [0.1, 0.15) is 49.3 Å². The maximum Gasteiger partial charge on any atom is 0.261 e. The van der Waals surface area contributed by atoms with Crippen molar-refractivity contribution >= 4 is 23.5 Å². The van der Waals surface area contributed by atoms with Crippen molar-refractivity contribution in [1.29, 1.82) is 0 Å². The number of ether oxygens (including phenoxy) is 2. The molecule has 0 unspecified atom stereocenters. The first-order valence-electron chi connectivity index (χ1n) is 11.9. The summed E-state index contributed by atoms with van der Waals surface area (Å²) in [5, 5.41) is 9.90. The van der Waals surface area contributed by atoms with Crippen LogP contribution in [0.2, 0.25) is 5.02 Å². The summed E-state index contributed by atoms with van der Waals surface area (Å²) in [6.45, 7) is 2.30. The molecule has 4 heterocycles. The average Bonchev–Trinajstić information content (AvgIpc) is 3.39. The van der Waals surface area contributed by atoms with E-state index < -0.39 is 11.9 Å². The zero-order chi connectivity index (χ0) is 23.5. The third kappa shape index (κ3) is 5.26. The Morgan fingerprint density at radius 3 is 2.85 bits per heavy atom. The smallest absolute Gasteiger partial charge is 0.261 e. The minimum absolute atomic E-state index is 0.0120. The van der Waals surface area contributed by atoms with Crippen molar-refractivity contribution in [3.05, 3.63) is 46.4 Å². The fraction of sp³-hybridized carbons (Fsp3) is 0.542. The number of rotatable bonds is 6. The summed E-state index contributed by atoms with van der Waals surface area (Å²) in [5.74, 6) is 0.193. The van der Waals surface area contributed by atoms with Gasteiger partial charge < -0.3 is 25.4 Å². The van der Waals surface area contributed by atoms with Gasteiger partial charge in [-0.05, 0) is 62.8 Å². The second-order valence-corrected chi connectivity index (χ2v) is 9.47. The molecule has 8 nitrogen and oxygen atoms in total. The molecule has 3 aliphatic heterocycles. The van der Waals surface area contributed by atoms with E-state index in [-0.39, 0.29) is 29.1 Å². The van der Waals surface area contributed by atoms with Crippen LogP contribution in [0.15, 0.2) is 24.4 Å². The van der Waals surface area contributed by atoms with Crippen molar-refractivity contribution in [2.45, 2.75) is 62.8 Å². The Labute approximate surface area is 203 Å². The van der Waals surface area contributed by atoms with Crippen LogP contribution in [0.5, 0.6) is 5.88 Å². The highest BCUT2D eigenvalue weighted by Gasteiger charge is 2.33. The Balaban J connectivity index is 1.28. The molecule has 0 radical (unpaired) electrons. The van der Waals surface area contributed by atoms with Gasteiger partial charge in [0.05, 0.1) is 11.1 Å². The molecule has 182 valence electrons. The number of amides is 1. The summed E-state index contributed by atoms with van der Waals surface area (Å²) in [7, 11) is 0. The van der Waals surface area contributed by atoms with Crippen LogP contribution < -0.4 is 20.7 Å². The molecule has 34 heavy (non-hydrogen) atoms. The number of nitrogens with zero attached hydrogens (tertiary/aromatic N) is 2. The predicted octanol–water partition coefficient (Wildman–Crippen LogP) is 3.16. The maximum atomic E-state index is 14.2. The molecular formula is C24H29ClFN5O3. The summed E-state index contributed by atoms with van der Waals surface area (Å²) in [6, 6.07) is 4.56. The molecule has 3 atom stereocenters. The monoisotopic (exact) mass is 489 g/mol. The van der Waals surface area contributed by atoms with Crippen LogP contribution in [-0.2, 0) is 16.0 Å². The number of aryl methyl sites for hydroxylation is 1. The van der Waals surface area contributed by atoms with Gasteiger partial charge >= 0.3 is 0 Å². The molecule has 0 bridgehead atoms. The van der Waals surface area contributed by atoms with Crippen molar-refractivity contribution in [3.63, 3.8) is 0 Å². The van der Waals surface area contributed by atoms with E-state index in [2.05, 4.69) is 25.9 Å². The van der Waals surface area contributed by atoms with Crippen molar-refractivity contribution in [3.8, 4) is 5.88 Å². The minimum atomic E-state index is -0.681. The number of hydrogen-bond donors (Lipinski definition) is 3. The highest BCUT2D eigenvalue weighted by atomic mass is 35.5. The summed E-state index contributed by atoms with van der Waals surface area (Å²) < 4.78 is 25.6. The van der Waals surface area contributed by atoms with Gasteiger partial charge in [-0.25, -0.2) is 9.37 Å². The third-order valence-electron chi connectivity index (χ3n) is 6.70. The Kier molecular flexibility index (Phi) is 7.12. The molecular weight excluding hydrogens is 461 g/mol. The van der Waals surface area contributed by atoms with E-state index in [0.29, 0.717) is 30.2 Å². The van der Waals surface area contributed by atoms with Gasteiger partial charge in [0.1, 0.15) is 5.82 Å². The van der Waals surface area contributed by atoms with E-state index in [1.807, 2.05) is 0 Å². The second kappa shape index (κ2) is 10.4. The molecule has 1 aromatic carbocycles. The first kappa shape index (κ1) is 23.3. The molecule has 2 aromatic rings. The number of fused-ring (bicyclic) bond motifs is 1. The van der Waals surface area contributed by atoms with Gasteiger partial charge in [-0.1, -0.05) is 17.7 Å². The summed E-state index contributed by atoms with van der Waals surface area (Å²) >= 11 is 5.87. The Bertz CT molecular complexity index is 1030. The largest absolute Gasteiger partial charge is 0.464 e. The van der Waals surface area contributed by atoms with Gasteiger partial charge in [-0.15, -0.1) is 0 Å². The molecule has 0 spiro atoms. The van der Waals surface area contributed by atoms with Gasteiger partial charge in [-0.2, -0.15) is 4.98 Å². The lowest BCUT2D eigenvalue weighted by Crippen LogP contribution is -2.47. The number of benzene rings is 1. The molecule has 5 rings (SSSR count). The van der Waals surface area contributed by atoms with E-state index >= 15 is 0 Å². The number of carbonyl (C=O) groups excluding carboxylic acids is 1. The minimum Gasteiger partial charge on any atom is -0.464 e. The van der Waals surface area contributed by atoms with Crippen LogP contribution in [0.4, 0.5) is 10.3 Å². The molecule has 1 aromatic heterocycles. The number of anilines is 1. The number of carbonyl (C=O) groups is 1. The molecule has 2 fully saturated rings. The lowest BCUT2D eigenvalue weighted by atomic mass is 9.97. The molecule has 3 aliphatic rings. The van der Waals surface area contributed by atoms with Gasteiger partial charge in [0, 0.05) is 37.1 Å². The zero-order valence-corrected chi connectivity index (χ0v) is 19.6. The van der Waals surface area contributed by atoms with E-state index in [1.54, 1.807) is 12.3 Å². The number of nitrogens with one attached hydrogen (secondary N) is 3. The summed E-state index contributed by atoms with van der Waals surface area (Å²) in [4.78, 5) is 22.2. The van der Waals surface area contributed by atoms with Crippen LogP contribution in [0.3, 0.4) is 0 Å². The highest BCUT2D eigenvalue weighted by molar-refractivity contribution is 6.30. The quantitative estimate of drug-likeness (QED) is 0.573. The van der Waals surface area contributed by atoms with Crippen LogP contribution >= 0.6 is 11.6 Å². The fourth-order valence-corrected chi connectivity index (χ4v) is 4.91. The fourth-order valence-electron chi connectivity index (χ4n) is 4.79. The Morgan fingerprint density at radius 1 is 1.24 bits per heavy atom. The van der Waals surface area contributed by atoms with Gasteiger partial charge in [0.25, 0.3) is 5.91 Å². The van der Waals surface area contributed by atoms with Crippen molar-refractivity contribution in [2.75, 3.05) is 25.1 Å². The molecule has 0 aliphatic carbocycles. The highest BCUT2D eigenvalue weighted by Crippen LogP contribution is 2.29. The summed E-state index contributed by atoms with van der Waals surface area (Å²) in [6.07, 6.45) is 5.93. The second-order valence-electron chi connectivity index (χ2n) is 9.06. The first-order valence-corrected chi connectivity index (χ1v) is 12.3. The number of halogens is 2. The molecule has 3 N–H and O–H groups in total. The molecule has 0 saturated carbocycles. The zero-order valence-electron chi connectivity index (χ0n) is 18.9. The third-order valence-corrected chi connectivity index (χ3v) is 7.01. The van der Waals surface area contributed by atoms with Crippen molar-refractivity contribution in [1.82, 2.24) is 20.6 Å². The molecule has 10 heteroatoms. The lowest BCUT2D eigenvalue weighted by molar-refractivity contribution is -0.129. The van der Waals surface area contributed by atoms with Crippen LogP contribution in [-0.4, -0.2) is 53.8 Å². The van der Waals surface area contributed by atoms with E-state index in [9.17, 15) is 9.18 Å². The van der Waals surface area contributed by atoms with Gasteiger partial charge in [-0.3, -0.25) is 4.79 Å². The van der Waals surface area contributed by atoms with E-state index in [4.69, 9.17) is 21.1 Å². The van der Waals surface area contributed by atoms with Crippen molar-refractivity contribution in [2.24, 2.45) is 0 Å². The molecule has 2 saturated heterocycles. The SMILES string of the molecule is O=C(N[C@@H](c1ccc(Cl)c(F)c1)[C@H]1CCCN1)[C@H]1CCc2cnc(NC3CCOCC3)nc2O1. The number of aromatic nitrogens is 2. The number of hydrogen-bond acceptors (Lipinski definition) is 7. The topological polar surface area (TPSA) is 97.4 Å². The average molecular weight is 490 g/mol. The standard InChI is InChI=1S/C24H29ClFN5O3/c25-17-5-3-14(12-18(17)26)21(19-2-1-9-27-19)30-22(32)20-6-4-15-13-28-24(31-23(15)34-20)29-16-7-10-33-11-8-16/h3,5,12-13,16,19-21,27H,1-2,4,6-11H2,(H,30,32)(H,28,29,31)/t19-,20-,21+/m1/s1. The summed E-state index contributed by atoms with van der Waals surface area (Å²) in [5.41, 5.74) is 1.56. The predicted molar refractivity (Wildman–Crippen MR) is 126 cm³/mol. The first-order chi connectivity index (χ1) is 16.6. The maximum absolute atomic E-state index is 14.2. The van der Waals surface area contributed by atoms with Crippen molar-refractivity contribution < 1.29 is 18.7 Å². The lowest BCUT2D eigenvalue weighted by Gasteiger charge is -2.30. The van der Waals surface area contributed by atoms with Crippen LogP contribution in [0, 0.1) is 5.82 Å².